The molecule has 0 bridgehead atoms. The molecule has 48 valence electrons. The number of hydrogen-bond donors (Lipinski definition) is 0. The zero-order valence-corrected chi connectivity index (χ0v) is 8.46. The summed E-state index contributed by atoms with van der Waals surface area (Å²) in [6.45, 7) is 2.09. The van der Waals surface area contributed by atoms with E-state index in [0.29, 0.717) is 0 Å². The first kappa shape index (κ1) is 8.28. The fourth-order valence-corrected chi connectivity index (χ4v) is 2.45. The molecule has 8 heavy (non-hydrogen) atoms. The average molecular weight is 173 g/mol. The van der Waals surface area contributed by atoms with Crippen molar-refractivity contribution in [2.24, 2.45) is 0 Å². The first-order valence-electron chi connectivity index (χ1n) is 3.17. The van der Waals surface area contributed by atoms with Crippen molar-refractivity contribution in [3.63, 3.8) is 0 Å². The Morgan fingerprint density at radius 3 is 1.88 bits per heavy atom. The Morgan fingerprint density at radius 1 is 1.25 bits per heavy atom. The van der Waals surface area contributed by atoms with E-state index in [1.165, 1.54) is 5.25 Å². The molecule has 0 N–H and O–H groups in total. The van der Waals surface area contributed by atoms with Crippen molar-refractivity contribution in [3.8, 4) is 0 Å². The second kappa shape index (κ2) is 3.34. The molecular formula is C7H16Ge. The van der Waals surface area contributed by atoms with Gasteiger partial charge in [0.15, 0.2) is 0 Å². The quantitative estimate of drug-likeness (QED) is 0.444. The van der Waals surface area contributed by atoms with E-state index in [-0.39, 0.29) is 0 Å². The summed E-state index contributed by atoms with van der Waals surface area (Å²) in [5.41, 5.74) is 0. The van der Waals surface area contributed by atoms with Crippen molar-refractivity contribution < 1.29 is 0 Å². The minimum atomic E-state index is -1.20. The number of rotatable bonds is 2. The van der Waals surface area contributed by atoms with Gasteiger partial charge in [0, 0.05) is 0 Å². The Balaban J connectivity index is 3.39. The third kappa shape index (κ3) is 6.28. The maximum atomic E-state index is 2.43. The molecule has 0 aliphatic carbocycles. The van der Waals surface area contributed by atoms with Crippen LogP contribution in [0.25, 0.3) is 0 Å². The molecule has 0 aromatic carbocycles. The van der Waals surface area contributed by atoms with E-state index in [2.05, 4.69) is 36.3 Å². The summed E-state index contributed by atoms with van der Waals surface area (Å²) in [6, 6.07) is 0. The van der Waals surface area contributed by atoms with E-state index in [4.69, 9.17) is 0 Å². The molecule has 0 saturated heterocycles. The van der Waals surface area contributed by atoms with Crippen LogP contribution in [-0.4, -0.2) is 13.3 Å². The zero-order valence-electron chi connectivity index (χ0n) is 6.36. The molecule has 0 aliphatic rings. The van der Waals surface area contributed by atoms with Crippen molar-refractivity contribution >= 4 is 13.3 Å². The van der Waals surface area contributed by atoms with E-state index in [1.54, 1.807) is 0 Å². The Kier molecular flexibility index (Phi) is 3.45. The molecule has 0 fully saturated rings. The van der Waals surface area contributed by atoms with Gasteiger partial charge >= 0.3 is 54.9 Å². The summed E-state index contributed by atoms with van der Waals surface area (Å²) in [7, 11) is 0. The molecule has 0 heterocycles. The van der Waals surface area contributed by atoms with E-state index in [9.17, 15) is 0 Å². The van der Waals surface area contributed by atoms with Gasteiger partial charge in [-0.15, -0.1) is 0 Å². The Morgan fingerprint density at radius 2 is 1.75 bits per heavy atom. The summed E-state index contributed by atoms with van der Waals surface area (Å²) in [5.74, 6) is 7.29. The van der Waals surface area contributed by atoms with E-state index >= 15 is 0 Å². The van der Waals surface area contributed by atoms with E-state index in [1.807, 2.05) is 0 Å². The van der Waals surface area contributed by atoms with Crippen LogP contribution in [0.4, 0.5) is 0 Å². The maximum absolute atomic E-state index is 2.43. The van der Waals surface area contributed by atoms with Gasteiger partial charge in [0.05, 0.1) is 0 Å². The van der Waals surface area contributed by atoms with Gasteiger partial charge in [0.1, 0.15) is 0 Å². The molecule has 0 amide bonds. The zero-order chi connectivity index (χ0) is 6.62. The van der Waals surface area contributed by atoms with Crippen LogP contribution in [0.2, 0.25) is 22.5 Å². The van der Waals surface area contributed by atoms with Crippen LogP contribution in [0, 0.1) is 0 Å². The van der Waals surface area contributed by atoms with Gasteiger partial charge in [0.25, 0.3) is 0 Å². The summed E-state index contributed by atoms with van der Waals surface area (Å²) in [6.07, 6.45) is 4.44. The van der Waals surface area contributed by atoms with Crippen LogP contribution in [0.15, 0.2) is 12.2 Å². The topological polar surface area (TPSA) is 0 Å². The Hall–Kier alpha value is 0.283. The molecule has 0 saturated carbocycles. The minimum absolute atomic E-state index is 1.20. The fraction of sp³-hybridized carbons (Fsp3) is 0.714. The third-order valence-corrected chi connectivity index (χ3v) is 4.03. The monoisotopic (exact) mass is 174 g/mol. The van der Waals surface area contributed by atoms with Crippen molar-refractivity contribution in [3.05, 3.63) is 12.2 Å². The summed E-state index contributed by atoms with van der Waals surface area (Å²) >= 11 is -1.20. The third-order valence-electron chi connectivity index (χ3n) is 0.966. The van der Waals surface area contributed by atoms with Crippen molar-refractivity contribution in [2.75, 3.05) is 0 Å². The number of allylic oxidation sites excluding steroid dienone is 2. The molecule has 0 rings (SSSR count). The van der Waals surface area contributed by atoms with Gasteiger partial charge < -0.3 is 0 Å². The van der Waals surface area contributed by atoms with Gasteiger partial charge in [-0.3, -0.25) is 0 Å². The van der Waals surface area contributed by atoms with Crippen LogP contribution >= 0.6 is 0 Å². The fourth-order valence-electron chi connectivity index (χ4n) is 0.471. The van der Waals surface area contributed by atoms with E-state index in [0.717, 1.165) is 0 Å². The first-order chi connectivity index (χ1) is 3.56. The van der Waals surface area contributed by atoms with Crippen LogP contribution in [0.3, 0.4) is 0 Å². The summed E-state index contributed by atoms with van der Waals surface area (Å²) < 4.78 is 0. The normalized spacial score (nSPS) is 13.0. The van der Waals surface area contributed by atoms with Gasteiger partial charge in [-0.25, -0.2) is 0 Å². The van der Waals surface area contributed by atoms with Crippen LogP contribution < -0.4 is 0 Å². The van der Waals surface area contributed by atoms with Crippen molar-refractivity contribution in [1.29, 1.82) is 0 Å². The van der Waals surface area contributed by atoms with Crippen molar-refractivity contribution in [1.82, 2.24) is 0 Å². The average Bonchev–Trinajstić information content (AvgIpc) is 1.59. The standard InChI is InChI=1S/C7H16Ge/c1-5-6-7-8(2,3)4/h5-6H,7H2,1-4H3. The van der Waals surface area contributed by atoms with Gasteiger partial charge in [-0.2, -0.15) is 0 Å². The van der Waals surface area contributed by atoms with Crippen molar-refractivity contribution in [2.45, 2.75) is 29.4 Å². The molecular weight excluding hydrogens is 157 g/mol. The molecule has 0 atom stereocenters. The predicted octanol–water partition coefficient (Wildman–Crippen LogP) is 2.90. The van der Waals surface area contributed by atoms with Gasteiger partial charge in [0.2, 0.25) is 0 Å². The molecule has 0 aliphatic heterocycles. The van der Waals surface area contributed by atoms with Crippen LogP contribution in [0.5, 0.6) is 0 Å². The van der Waals surface area contributed by atoms with Gasteiger partial charge in [-0.1, -0.05) is 0 Å². The molecule has 0 aromatic heterocycles. The molecule has 0 unspecified atom stereocenters. The second-order valence-electron chi connectivity index (χ2n) is 3.33. The first-order valence-corrected chi connectivity index (χ1v) is 11.0. The molecule has 0 spiro atoms. The molecule has 0 nitrogen and oxygen atoms in total. The Labute approximate surface area is 55.3 Å². The van der Waals surface area contributed by atoms with E-state index < -0.39 is 13.3 Å². The second-order valence-corrected chi connectivity index (χ2v) is 14.9. The predicted molar refractivity (Wildman–Crippen MR) is 43.0 cm³/mol. The summed E-state index contributed by atoms with van der Waals surface area (Å²) in [4.78, 5) is 0. The molecule has 0 radical (unpaired) electrons. The molecule has 0 aromatic rings. The number of hydrogen-bond acceptors (Lipinski definition) is 0. The van der Waals surface area contributed by atoms with Crippen LogP contribution in [-0.2, 0) is 0 Å². The molecule has 1 heteroatoms. The SMILES string of the molecule is CC=C[CH2][Ge]([CH3])([CH3])[CH3]. The van der Waals surface area contributed by atoms with Crippen LogP contribution in [0.1, 0.15) is 6.92 Å². The Bertz CT molecular complexity index is 76.9. The summed E-state index contributed by atoms with van der Waals surface area (Å²) in [5, 5.41) is 1.37. The van der Waals surface area contributed by atoms with Gasteiger partial charge in [-0.05, 0) is 0 Å².